The molecule has 1 aromatic carbocycles. The first kappa shape index (κ1) is 12.9. The van der Waals surface area contributed by atoms with Crippen LogP contribution in [-0.2, 0) is 0 Å². The molecule has 1 aliphatic carbocycles. The minimum absolute atomic E-state index is 0.121. The van der Waals surface area contributed by atoms with Crippen LogP contribution in [0.15, 0.2) is 24.3 Å². The van der Waals surface area contributed by atoms with Gasteiger partial charge in [-0.05, 0) is 25.0 Å². The summed E-state index contributed by atoms with van der Waals surface area (Å²) >= 11 is 0. The van der Waals surface area contributed by atoms with E-state index in [1.807, 2.05) is 0 Å². The van der Waals surface area contributed by atoms with Gasteiger partial charge in [0.2, 0.25) is 0 Å². The van der Waals surface area contributed by atoms with Gasteiger partial charge in [-0.2, -0.15) is 0 Å². The number of halogens is 1. The van der Waals surface area contributed by atoms with E-state index in [4.69, 9.17) is 4.74 Å². The highest BCUT2D eigenvalue weighted by molar-refractivity contribution is 5.23. The molecule has 2 aliphatic rings. The van der Waals surface area contributed by atoms with Crippen molar-refractivity contribution in [3.05, 3.63) is 30.1 Å². The lowest BCUT2D eigenvalue weighted by Gasteiger charge is -2.46. The number of aliphatic hydroxyl groups is 1. The second-order valence-corrected chi connectivity index (χ2v) is 5.57. The van der Waals surface area contributed by atoms with Crippen LogP contribution in [0.5, 0.6) is 5.75 Å². The third kappa shape index (κ3) is 2.90. The molecular weight excluding hydrogens is 245 g/mol. The normalized spacial score (nSPS) is 28.9. The summed E-state index contributed by atoms with van der Waals surface area (Å²) in [4.78, 5) is 2.29. The van der Waals surface area contributed by atoms with E-state index in [0.717, 1.165) is 32.4 Å². The SMILES string of the molecule is OC1CCCC[C@@H]1N1CC(Oc2cccc(F)c2)C1. The van der Waals surface area contributed by atoms with Gasteiger partial charge in [-0.3, -0.25) is 4.90 Å². The Morgan fingerprint density at radius 1 is 1.21 bits per heavy atom. The maximum Gasteiger partial charge on any atom is 0.126 e. The average molecular weight is 265 g/mol. The number of nitrogens with zero attached hydrogens (tertiary/aromatic N) is 1. The van der Waals surface area contributed by atoms with Crippen LogP contribution in [0.4, 0.5) is 4.39 Å². The molecule has 104 valence electrons. The van der Waals surface area contributed by atoms with Gasteiger partial charge in [-0.15, -0.1) is 0 Å². The fourth-order valence-corrected chi connectivity index (χ4v) is 3.07. The Morgan fingerprint density at radius 2 is 2.00 bits per heavy atom. The van der Waals surface area contributed by atoms with Crippen LogP contribution in [0.2, 0.25) is 0 Å². The van der Waals surface area contributed by atoms with Crippen LogP contribution < -0.4 is 4.74 Å². The summed E-state index contributed by atoms with van der Waals surface area (Å²) in [6.45, 7) is 1.66. The average Bonchev–Trinajstić information content (AvgIpc) is 2.35. The maximum atomic E-state index is 13.0. The van der Waals surface area contributed by atoms with Crippen molar-refractivity contribution >= 4 is 0 Å². The predicted octanol–water partition coefficient (Wildman–Crippen LogP) is 2.19. The summed E-state index contributed by atoms with van der Waals surface area (Å²) in [5, 5.41) is 9.98. The van der Waals surface area contributed by atoms with Gasteiger partial charge in [0, 0.05) is 25.2 Å². The largest absolute Gasteiger partial charge is 0.488 e. The number of rotatable bonds is 3. The Morgan fingerprint density at radius 3 is 2.74 bits per heavy atom. The highest BCUT2D eigenvalue weighted by atomic mass is 19.1. The van der Waals surface area contributed by atoms with E-state index in [1.54, 1.807) is 12.1 Å². The van der Waals surface area contributed by atoms with Gasteiger partial charge < -0.3 is 9.84 Å². The van der Waals surface area contributed by atoms with Crippen molar-refractivity contribution in [3.8, 4) is 5.75 Å². The van der Waals surface area contributed by atoms with Crippen molar-refractivity contribution in [2.24, 2.45) is 0 Å². The number of aliphatic hydroxyl groups excluding tert-OH is 1. The Hall–Kier alpha value is -1.13. The standard InChI is InChI=1S/C15H20FNO2/c16-11-4-3-5-12(8-11)19-13-9-17(10-13)14-6-1-2-7-15(14)18/h3-5,8,13-15,18H,1-2,6-7,9-10H2/t14-,15?/m0/s1. The molecule has 3 nitrogen and oxygen atoms in total. The lowest BCUT2D eigenvalue weighted by molar-refractivity contribution is -0.0627. The van der Waals surface area contributed by atoms with Crippen LogP contribution in [0.3, 0.4) is 0 Å². The number of hydrogen-bond donors (Lipinski definition) is 1. The highest BCUT2D eigenvalue weighted by Crippen LogP contribution is 2.28. The molecule has 19 heavy (non-hydrogen) atoms. The van der Waals surface area contributed by atoms with Crippen molar-refractivity contribution in [2.45, 2.75) is 43.9 Å². The molecule has 0 aromatic heterocycles. The molecule has 1 heterocycles. The summed E-state index contributed by atoms with van der Waals surface area (Å²) in [5.41, 5.74) is 0. The predicted molar refractivity (Wildman–Crippen MR) is 70.7 cm³/mol. The third-order valence-electron chi connectivity index (χ3n) is 4.14. The summed E-state index contributed by atoms with van der Waals surface area (Å²) in [5.74, 6) is 0.324. The van der Waals surface area contributed by atoms with Gasteiger partial charge in [-0.1, -0.05) is 18.9 Å². The number of likely N-dealkylation sites (tertiary alicyclic amines) is 1. The fraction of sp³-hybridized carbons (Fsp3) is 0.600. The third-order valence-corrected chi connectivity index (χ3v) is 4.14. The fourth-order valence-electron chi connectivity index (χ4n) is 3.07. The van der Waals surface area contributed by atoms with Crippen molar-refractivity contribution in [3.63, 3.8) is 0 Å². The molecule has 2 atom stereocenters. The smallest absolute Gasteiger partial charge is 0.126 e. The Labute approximate surface area is 113 Å². The van der Waals surface area contributed by atoms with Gasteiger partial charge in [0.1, 0.15) is 17.7 Å². The van der Waals surface area contributed by atoms with Gasteiger partial charge in [0.15, 0.2) is 0 Å². The first-order chi connectivity index (χ1) is 9.22. The lowest BCUT2D eigenvalue weighted by atomic mass is 9.89. The molecule has 1 aromatic rings. The van der Waals surface area contributed by atoms with Crippen LogP contribution >= 0.6 is 0 Å². The minimum atomic E-state index is -0.267. The Balaban J connectivity index is 1.50. The molecule has 1 N–H and O–H groups in total. The second-order valence-electron chi connectivity index (χ2n) is 5.57. The van der Waals surface area contributed by atoms with Crippen LogP contribution in [0.1, 0.15) is 25.7 Å². The van der Waals surface area contributed by atoms with Crippen molar-refractivity contribution in [1.82, 2.24) is 4.90 Å². The molecule has 3 rings (SSSR count). The molecule has 1 unspecified atom stereocenters. The first-order valence-electron chi connectivity index (χ1n) is 7.07. The first-order valence-corrected chi connectivity index (χ1v) is 7.07. The van der Waals surface area contributed by atoms with Crippen molar-refractivity contribution in [1.29, 1.82) is 0 Å². The monoisotopic (exact) mass is 265 g/mol. The summed E-state index contributed by atoms with van der Waals surface area (Å²) < 4.78 is 18.8. The maximum absolute atomic E-state index is 13.0. The van der Waals surface area contributed by atoms with E-state index in [1.165, 1.54) is 18.6 Å². The molecule has 0 radical (unpaired) electrons. The number of ether oxygens (including phenoxy) is 1. The van der Waals surface area contributed by atoms with E-state index in [9.17, 15) is 9.50 Å². The zero-order chi connectivity index (χ0) is 13.2. The number of hydrogen-bond acceptors (Lipinski definition) is 3. The highest BCUT2D eigenvalue weighted by Gasteiger charge is 2.37. The molecular formula is C15H20FNO2. The molecule has 0 spiro atoms. The second kappa shape index (κ2) is 5.47. The van der Waals surface area contributed by atoms with Crippen LogP contribution in [0.25, 0.3) is 0 Å². The van der Waals surface area contributed by atoms with E-state index in [-0.39, 0.29) is 18.0 Å². The van der Waals surface area contributed by atoms with E-state index in [2.05, 4.69) is 4.90 Å². The topological polar surface area (TPSA) is 32.7 Å². The van der Waals surface area contributed by atoms with E-state index >= 15 is 0 Å². The molecule has 4 heteroatoms. The number of benzene rings is 1. The molecule has 1 saturated heterocycles. The van der Waals surface area contributed by atoms with Gasteiger partial charge in [-0.25, -0.2) is 4.39 Å². The molecule has 0 bridgehead atoms. The summed E-state index contributed by atoms with van der Waals surface area (Å²) in [6.07, 6.45) is 4.26. The lowest BCUT2D eigenvalue weighted by Crippen LogP contribution is -2.61. The Kier molecular flexibility index (Phi) is 3.71. The van der Waals surface area contributed by atoms with Gasteiger partial charge in [0.05, 0.1) is 6.10 Å². The quantitative estimate of drug-likeness (QED) is 0.909. The minimum Gasteiger partial charge on any atom is -0.488 e. The van der Waals surface area contributed by atoms with Crippen molar-refractivity contribution < 1.29 is 14.2 Å². The van der Waals surface area contributed by atoms with E-state index in [0.29, 0.717) is 11.8 Å². The van der Waals surface area contributed by atoms with Crippen LogP contribution in [-0.4, -0.2) is 41.3 Å². The van der Waals surface area contributed by atoms with Gasteiger partial charge in [0.25, 0.3) is 0 Å². The summed E-state index contributed by atoms with van der Waals surface area (Å²) in [7, 11) is 0. The molecule has 1 saturated carbocycles. The van der Waals surface area contributed by atoms with E-state index < -0.39 is 0 Å². The van der Waals surface area contributed by atoms with Crippen LogP contribution in [0, 0.1) is 5.82 Å². The molecule has 1 aliphatic heterocycles. The molecule has 0 amide bonds. The Bertz CT molecular complexity index is 434. The van der Waals surface area contributed by atoms with Gasteiger partial charge >= 0.3 is 0 Å². The van der Waals surface area contributed by atoms with Crippen molar-refractivity contribution in [2.75, 3.05) is 13.1 Å². The zero-order valence-electron chi connectivity index (χ0n) is 11.0. The molecule has 2 fully saturated rings. The summed E-state index contributed by atoms with van der Waals surface area (Å²) in [6, 6.07) is 6.56. The zero-order valence-corrected chi connectivity index (χ0v) is 11.0.